The van der Waals surface area contributed by atoms with Crippen molar-refractivity contribution in [2.75, 3.05) is 24.6 Å². The topological polar surface area (TPSA) is 84.2 Å². The van der Waals surface area contributed by atoms with Gasteiger partial charge >= 0.3 is 0 Å². The van der Waals surface area contributed by atoms with Crippen LogP contribution >= 0.6 is 27.3 Å². The van der Waals surface area contributed by atoms with Crippen molar-refractivity contribution in [3.8, 4) is 0 Å². The van der Waals surface area contributed by atoms with Crippen LogP contribution in [0.5, 0.6) is 0 Å². The van der Waals surface area contributed by atoms with Crippen LogP contribution < -0.4 is 15.8 Å². The number of nitrogen functional groups attached to an aromatic ring is 1. The van der Waals surface area contributed by atoms with Crippen LogP contribution in [0.3, 0.4) is 0 Å². The molecule has 1 aromatic heterocycles. The zero-order chi connectivity index (χ0) is 15.5. The van der Waals surface area contributed by atoms with Crippen molar-refractivity contribution in [3.63, 3.8) is 0 Å². The molecule has 0 radical (unpaired) electrons. The molecule has 0 spiro atoms. The van der Waals surface area contributed by atoms with Gasteiger partial charge in [0.2, 0.25) is 10.0 Å². The molecule has 0 bridgehead atoms. The number of hydrogen-bond donors (Lipinski definition) is 3. The first-order valence-electron chi connectivity index (χ1n) is 6.23. The number of nitrogens with one attached hydrogen (secondary N) is 2. The van der Waals surface area contributed by atoms with Crippen LogP contribution in [0, 0.1) is 0 Å². The largest absolute Gasteiger partial charge is 0.397 e. The van der Waals surface area contributed by atoms with Gasteiger partial charge in [0.15, 0.2) is 0 Å². The van der Waals surface area contributed by atoms with Crippen molar-refractivity contribution >= 4 is 48.7 Å². The molecule has 5 nitrogen and oxygen atoms in total. The molecular weight excluding hydrogens is 374 g/mol. The maximum atomic E-state index is 11.7. The Morgan fingerprint density at radius 1 is 1.29 bits per heavy atom. The number of benzene rings is 1. The van der Waals surface area contributed by atoms with E-state index in [-0.39, 0.29) is 4.90 Å². The Morgan fingerprint density at radius 2 is 2.05 bits per heavy atom. The van der Waals surface area contributed by atoms with Gasteiger partial charge in [0.05, 0.1) is 20.1 Å². The Hall–Kier alpha value is -1.09. The number of thiophene rings is 1. The number of rotatable bonds is 6. The highest BCUT2D eigenvalue weighted by molar-refractivity contribution is 9.11. The van der Waals surface area contributed by atoms with Gasteiger partial charge in [0.25, 0.3) is 0 Å². The van der Waals surface area contributed by atoms with Gasteiger partial charge in [-0.3, -0.25) is 0 Å². The third kappa shape index (κ3) is 4.19. The number of halogens is 1. The lowest BCUT2D eigenvalue weighted by Gasteiger charge is -2.10. The van der Waals surface area contributed by atoms with Crippen molar-refractivity contribution < 1.29 is 8.42 Å². The molecule has 21 heavy (non-hydrogen) atoms. The molecule has 4 N–H and O–H groups in total. The molecular formula is C13H16BrN3O2S2. The summed E-state index contributed by atoms with van der Waals surface area (Å²) in [6.45, 7) is 0.731. The highest BCUT2D eigenvalue weighted by atomic mass is 79.9. The minimum Gasteiger partial charge on any atom is -0.397 e. The maximum Gasteiger partial charge on any atom is 0.240 e. The smallest absolute Gasteiger partial charge is 0.240 e. The van der Waals surface area contributed by atoms with Gasteiger partial charge in [0, 0.05) is 11.4 Å². The fraction of sp³-hybridized carbons (Fsp3) is 0.231. The summed E-state index contributed by atoms with van der Waals surface area (Å²) in [4.78, 5) is 1.43. The number of sulfonamides is 1. The van der Waals surface area contributed by atoms with E-state index in [4.69, 9.17) is 5.73 Å². The molecule has 0 atom stereocenters. The Labute approximate surface area is 136 Å². The lowest BCUT2D eigenvalue weighted by atomic mass is 10.2. The van der Waals surface area contributed by atoms with Crippen LogP contribution in [-0.4, -0.2) is 22.0 Å². The summed E-state index contributed by atoms with van der Waals surface area (Å²) in [5.41, 5.74) is 7.05. The Kier molecular flexibility index (Phi) is 5.26. The first kappa shape index (κ1) is 16.3. The summed E-state index contributed by atoms with van der Waals surface area (Å²) in [5.74, 6) is 0. The first-order valence-corrected chi connectivity index (χ1v) is 9.33. The molecule has 0 amide bonds. The lowest BCUT2D eigenvalue weighted by molar-refractivity contribution is 0.588. The van der Waals surface area contributed by atoms with Crippen LogP contribution in [0.2, 0.25) is 0 Å². The molecule has 8 heteroatoms. The second kappa shape index (κ2) is 6.78. The number of nitrogens with two attached hydrogens (primary N) is 1. The van der Waals surface area contributed by atoms with Gasteiger partial charge in [-0.25, -0.2) is 13.1 Å². The van der Waals surface area contributed by atoms with Gasteiger partial charge in [-0.15, -0.1) is 11.3 Å². The SMILES string of the molecule is CNS(=O)(=O)c1ccc(NCCc2ccc(Br)s2)c(N)c1. The zero-order valence-corrected chi connectivity index (χ0v) is 14.6. The lowest BCUT2D eigenvalue weighted by Crippen LogP contribution is -2.19. The average molecular weight is 390 g/mol. The van der Waals surface area contributed by atoms with Gasteiger partial charge in [-0.05, 0) is 59.7 Å². The van der Waals surface area contributed by atoms with Crippen LogP contribution in [0.1, 0.15) is 4.88 Å². The molecule has 2 aromatic rings. The third-order valence-corrected chi connectivity index (χ3v) is 6.01. The predicted molar refractivity (Wildman–Crippen MR) is 91.3 cm³/mol. The van der Waals surface area contributed by atoms with Crippen molar-refractivity contribution in [2.24, 2.45) is 0 Å². The van der Waals surface area contributed by atoms with Crippen LogP contribution in [-0.2, 0) is 16.4 Å². The molecule has 0 fully saturated rings. The van der Waals surface area contributed by atoms with E-state index in [2.05, 4.69) is 32.0 Å². The van der Waals surface area contributed by atoms with Crippen molar-refractivity contribution in [1.82, 2.24) is 4.72 Å². The highest BCUT2D eigenvalue weighted by Crippen LogP contribution is 2.24. The molecule has 0 aliphatic carbocycles. The summed E-state index contributed by atoms with van der Waals surface area (Å²) >= 11 is 5.12. The average Bonchev–Trinajstić information content (AvgIpc) is 2.86. The molecule has 1 aromatic carbocycles. The fourth-order valence-corrected chi connectivity index (χ4v) is 4.04. The van der Waals surface area contributed by atoms with E-state index in [1.165, 1.54) is 24.1 Å². The van der Waals surface area contributed by atoms with E-state index >= 15 is 0 Å². The van der Waals surface area contributed by atoms with Crippen LogP contribution in [0.25, 0.3) is 0 Å². The molecule has 0 aliphatic rings. The van der Waals surface area contributed by atoms with Gasteiger partial charge in [-0.1, -0.05) is 0 Å². The number of hydrogen-bond acceptors (Lipinski definition) is 5. The molecule has 0 saturated heterocycles. The van der Waals surface area contributed by atoms with E-state index in [0.717, 1.165) is 22.4 Å². The fourth-order valence-electron chi connectivity index (χ4n) is 1.79. The van der Waals surface area contributed by atoms with Crippen molar-refractivity contribution in [3.05, 3.63) is 39.0 Å². The van der Waals surface area contributed by atoms with Crippen molar-refractivity contribution in [2.45, 2.75) is 11.3 Å². The summed E-state index contributed by atoms with van der Waals surface area (Å²) in [5, 5.41) is 3.22. The first-order chi connectivity index (χ1) is 9.92. The highest BCUT2D eigenvalue weighted by Gasteiger charge is 2.12. The molecule has 114 valence electrons. The Morgan fingerprint density at radius 3 is 2.62 bits per heavy atom. The van der Waals surface area contributed by atoms with E-state index in [1.54, 1.807) is 17.4 Å². The molecule has 2 rings (SSSR count). The van der Waals surface area contributed by atoms with Crippen LogP contribution in [0.4, 0.5) is 11.4 Å². The molecule has 1 heterocycles. The minimum absolute atomic E-state index is 0.162. The van der Waals surface area contributed by atoms with Gasteiger partial charge < -0.3 is 11.1 Å². The molecule has 0 saturated carbocycles. The molecule has 0 unspecified atom stereocenters. The summed E-state index contributed by atoms with van der Waals surface area (Å²) in [7, 11) is -2.09. The van der Waals surface area contributed by atoms with Crippen LogP contribution in [0.15, 0.2) is 39.0 Å². The van der Waals surface area contributed by atoms with Gasteiger partial charge in [-0.2, -0.15) is 0 Å². The predicted octanol–water partition coefficient (Wildman–Crippen LogP) is 2.66. The van der Waals surface area contributed by atoms with Gasteiger partial charge in [0.1, 0.15) is 0 Å². The zero-order valence-electron chi connectivity index (χ0n) is 11.4. The Bertz CT molecular complexity index is 729. The third-order valence-electron chi connectivity index (χ3n) is 2.92. The quantitative estimate of drug-likeness (QED) is 0.663. The maximum absolute atomic E-state index is 11.7. The summed E-state index contributed by atoms with van der Waals surface area (Å²) in [6.07, 6.45) is 0.881. The van der Waals surface area contributed by atoms with Crippen molar-refractivity contribution in [1.29, 1.82) is 0 Å². The minimum atomic E-state index is -3.46. The number of anilines is 2. The second-order valence-electron chi connectivity index (χ2n) is 4.34. The second-order valence-corrected chi connectivity index (χ2v) is 8.77. The summed E-state index contributed by atoms with van der Waals surface area (Å²) < 4.78 is 26.7. The van der Waals surface area contributed by atoms with E-state index in [9.17, 15) is 8.42 Å². The Balaban J connectivity index is 2.01. The van der Waals surface area contributed by atoms with E-state index in [0.29, 0.717) is 5.69 Å². The normalized spacial score (nSPS) is 11.5. The summed E-state index contributed by atoms with van der Waals surface area (Å²) in [6, 6.07) is 8.76. The standard InChI is InChI=1S/C13H16BrN3O2S2/c1-16-21(18,19)10-3-4-12(11(15)8-10)17-7-6-9-2-5-13(14)20-9/h2-5,8,16-17H,6-7,15H2,1H3. The monoisotopic (exact) mass is 389 g/mol. The molecule has 0 aliphatic heterocycles. The van der Waals surface area contributed by atoms with E-state index < -0.39 is 10.0 Å². The van der Waals surface area contributed by atoms with E-state index in [1.807, 2.05) is 6.07 Å².